The summed E-state index contributed by atoms with van der Waals surface area (Å²) in [6.45, 7) is 4.14. The molecule has 7 heteroatoms. The number of urea groups is 1. The van der Waals surface area contributed by atoms with Gasteiger partial charge in [0.15, 0.2) is 0 Å². The molecule has 2 fully saturated rings. The molecule has 1 N–H and O–H groups in total. The number of amides is 2. The van der Waals surface area contributed by atoms with E-state index in [0.29, 0.717) is 31.9 Å². The van der Waals surface area contributed by atoms with Gasteiger partial charge in [0.25, 0.3) is 0 Å². The van der Waals surface area contributed by atoms with E-state index in [1.54, 1.807) is 4.90 Å². The van der Waals surface area contributed by atoms with E-state index >= 15 is 0 Å². The Hall–Kier alpha value is -2.83. The SMILES string of the molecule is O=C(Nc1ccc(N2CCCC2)cc1)N1CCN(c2ccc(F)cc2F)CC1. The summed E-state index contributed by atoms with van der Waals surface area (Å²) in [7, 11) is 0. The van der Waals surface area contributed by atoms with Gasteiger partial charge in [0.2, 0.25) is 0 Å². The second kappa shape index (κ2) is 8.04. The van der Waals surface area contributed by atoms with Gasteiger partial charge in [0, 0.05) is 56.7 Å². The number of piperazine rings is 1. The van der Waals surface area contributed by atoms with Gasteiger partial charge in [-0.3, -0.25) is 0 Å². The normalized spacial score (nSPS) is 17.1. The van der Waals surface area contributed by atoms with Crippen molar-refractivity contribution < 1.29 is 13.6 Å². The fourth-order valence-corrected chi connectivity index (χ4v) is 3.82. The van der Waals surface area contributed by atoms with Crippen molar-refractivity contribution in [2.45, 2.75) is 12.8 Å². The molecule has 5 nitrogen and oxygen atoms in total. The van der Waals surface area contributed by atoms with Gasteiger partial charge in [-0.05, 0) is 49.2 Å². The first-order chi connectivity index (χ1) is 13.6. The van der Waals surface area contributed by atoms with Gasteiger partial charge in [-0.1, -0.05) is 0 Å². The van der Waals surface area contributed by atoms with Crippen LogP contribution < -0.4 is 15.1 Å². The van der Waals surface area contributed by atoms with Gasteiger partial charge in [-0.15, -0.1) is 0 Å². The number of carbonyl (C=O) groups excluding carboxylic acids is 1. The Balaban J connectivity index is 1.31. The first-order valence-corrected chi connectivity index (χ1v) is 9.71. The molecular weight excluding hydrogens is 362 g/mol. The van der Waals surface area contributed by atoms with E-state index in [4.69, 9.17) is 0 Å². The molecule has 0 aliphatic carbocycles. The van der Waals surface area contributed by atoms with Crippen LogP contribution in [-0.2, 0) is 0 Å². The Morgan fingerprint density at radius 2 is 1.50 bits per heavy atom. The number of anilines is 3. The molecule has 0 saturated carbocycles. The average Bonchev–Trinajstić information content (AvgIpc) is 3.24. The second-order valence-corrected chi connectivity index (χ2v) is 7.24. The maximum Gasteiger partial charge on any atom is 0.321 e. The number of rotatable bonds is 3. The Kier molecular flexibility index (Phi) is 5.32. The third-order valence-corrected chi connectivity index (χ3v) is 5.41. The van der Waals surface area contributed by atoms with E-state index in [-0.39, 0.29) is 6.03 Å². The smallest absolute Gasteiger partial charge is 0.321 e. The number of nitrogens with one attached hydrogen (secondary N) is 1. The number of hydrogen-bond donors (Lipinski definition) is 1. The van der Waals surface area contributed by atoms with Crippen LogP contribution in [0.4, 0.5) is 30.6 Å². The molecular formula is C21H24F2N4O. The molecule has 2 amide bonds. The van der Waals surface area contributed by atoms with Crippen molar-refractivity contribution in [3.05, 3.63) is 54.1 Å². The van der Waals surface area contributed by atoms with Crippen LogP contribution in [0.3, 0.4) is 0 Å². The van der Waals surface area contributed by atoms with E-state index in [9.17, 15) is 13.6 Å². The quantitative estimate of drug-likeness (QED) is 0.869. The lowest BCUT2D eigenvalue weighted by Crippen LogP contribution is -2.50. The monoisotopic (exact) mass is 386 g/mol. The van der Waals surface area contributed by atoms with Gasteiger partial charge >= 0.3 is 6.03 Å². The molecule has 2 heterocycles. The fraction of sp³-hybridized carbons (Fsp3) is 0.381. The maximum atomic E-state index is 13.9. The first kappa shape index (κ1) is 18.5. The average molecular weight is 386 g/mol. The Morgan fingerprint density at radius 1 is 0.821 bits per heavy atom. The van der Waals surface area contributed by atoms with Crippen molar-refractivity contribution in [3.8, 4) is 0 Å². The van der Waals surface area contributed by atoms with Crippen molar-refractivity contribution in [2.75, 3.05) is 54.4 Å². The van der Waals surface area contributed by atoms with Crippen LogP contribution in [-0.4, -0.2) is 50.2 Å². The van der Waals surface area contributed by atoms with Gasteiger partial charge in [0.1, 0.15) is 11.6 Å². The molecule has 0 radical (unpaired) electrons. The van der Waals surface area contributed by atoms with Crippen LogP contribution in [0.5, 0.6) is 0 Å². The van der Waals surface area contributed by atoms with E-state index in [2.05, 4.69) is 10.2 Å². The van der Waals surface area contributed by atoms with Gasteiger partial charge in [-0.2, -0.15) is 0 Å². The zero-order chi connectivity index (χ0) is 19.5. The lowest BCUT2D eigenvalue weighted by atomic mass is 10.2. The highest BCUT2D eigenvalue weighted by Crippen LogP contribution is 2.23. The highest BCUT2D eigenvalue weighted by molar-refractivity contribution is 5.89. The maximum absolute atomic E-state index is 13.9. The number of carbonyl (C=O) groups is 1. The molecule has 0 aromatic heterocycles. The van der Waals surface area contributed by atoms with Crippen LogP contribution in [0.2, 0.25) is 0 Å². The summed E-state index contributed by atoms with van der Waals surface area (Å²) in [6, 6.07) is 11.4. The van der Waals surface area contributed by atoms with E-state index in [1.807, 2.05) is 29.2 Å². The summed E-state index contributed by atoms with van der Waals surface area (Å²) in [6.07, 6.45) is 2.46. The number of benzene rings is 2. The highest BCUT2D eigenvalue weighted by atomic mass is 19.1. The molecule has 2 saturated heterocycles. The molecule has 2 aliphatic rings. The Bertz CT molecular complexity index is 829. The zero-order valence-corrected chi connectivity index (χ0v) is 15.7. The standard InChI is InChI=1S/C21H24F2N4O/c22-16-3-8-20(19(23)15-16)26-11-13-27(14-12-26)21(28)24-17-4-6-18(7-5-17)25-9-1-2-10-25/h3-8,15H,1-2,9-14H2,(H,24,28). The number of hydrogen-bond acceptors (Lipinski definition) is 3. The molecule has 2 aromatic carbocycles. The third kappa shape index (κ3) is 4.03. The molecule has 0 spiro atoms. The van der Waals surface area contributed by atoms with Crippen molar-refractivity contribution in [1.82, 2.24) is 4.90 Å². The molecule has 0 bridgehead atoms. The summed E-state index contributed by atoms with van der Waals surface area (Å²) in [4.78, 5) is 18.4. The van der Waals surface area contributed by atoms with Crippen molar-refractivity contribution in [1.29, 1.82) is 0 Å². The highest BCUT2D eigenvalue weighted by Gasteiger charge is 2.23. The van der Waals surface area contributed by atoms with Crippen LogP contribution in [0.25, 0.3) is 0 Å². The number of nitrogens with zero attached hydrogens (tertiary/aromatic N) is 3. The molecule has 4 rings (SSSR count). The molecule has 0 atom stereocenters. The van der Waals surface area contributed by atoms with Gasteiger partial charge in [0.05, 0.1) is 5.69 Å². The van der Waals surface area contributed by atoms with Crippen LogP contribution in [0, 0.1) is 11.6 Å². The van der Waals surface area contributed by atoms with Crippen LogP contribution in [0.15, 0.2) is 42.5 Å². The molecule has 2 aromatic rings. The lowest BCUT2D eigenvalue weighted by molar-refractivity contribution is 0.208. The topological polar surface area (TPSA) is 38.8 Å². The molecule has 28 heavy (non-hydrogen) atoms. The minimum atomic E-state index is -0.588. The van der Waals surface area contributed by atoms with Crippen LogP contribution in [0.1, 0.15) is 12.8 Å². The fourth-order valence-electron chi connectivity index (χ4n) is 3.82. The van der Waals surface area contributed by atoms with Gasteiger partial charge in [-0.25, -0.2) is 13.6 Å². The second-order valence-electron chi connectivity index (χ2n) is 7.24. The minimum absolute atomic E-state index is 0.159. The van der Waals surface area contributed by atoms with E-state index in [0.717, 1.165) is 24.8 Å². The first-order valence-electron chi connectivity index (χ1n) is 9.71. The Morgan fingerprint density at radius 3 is 2.14 bits per heavy atom. The summed E-state index contributed by atoms with van der Waals surface area (Å²) in [5.74, 6) is -1.16. The van der Waals surface area contributed by atoms with Crippen LogP contribution >= 0.6 is 0 Å². The van der Waals surface area contributed by atoms with Crippen molar-refractivity contribution in [3.63, 3.8) is 0 Å². The van der Waals surface area contributed by atoms with Gasteiger partial charge < -0.3 is 20.0 Å². The number of halogens is 2. The predicted molar refractivity (Wildman–Crippen MR) is 107 cm³/mol. The van der Waals surface area contributed by atoms with Crippen molar-refractivity contribution in [2.24, 2.45) is 0 Å². The van der Waals surface area contributed by atoms with E-state index in [1.165, 1.54) is 30.7 Å². The predicted octanol–water partition coefficient (Wildman–Crippen LogP) is 3.92. The summed E-state index contributed by atoms with van der Waals surface area (Å²) >= 11 is 0. The zero-order valence-electron chi connectivity index (χ0n) is 15.7. The minimum Gasteiger partial charge on any atom is -0.372 e. The summed E-state index contributed by atoms with van der Waals surface area (Å²) < 4.78 is 27.0. The third-order valence-electron chi connectivity index (χ3n) is 5.41. The largest absolute Gasteiger partial charge is 0.372 e. The Labute approximate surface area is 163 Å². The molecule has 0 unspecified atom stereocenters. The molecule has 148 valence electrons. The summed E-state index contributed by atoms with van der Waals surface area (Å²) in [5.41, 5.74) is 2.32. The summed E-state index contributed by atoms with van der Waals surface area (Å²) in [5, 5.41) is 2.93. The lowest BCUT2D eigenvalue weighted by Gasteiger charge is -2.36. The molecule has 2 aliphatic heterocycles. The van der Waals surface area contributed by atoms with Crippen molar-refractivity contribution >= 4 is 23.1 Å². The van der Waals surface area contributed by atoms with E-state index < -0.39 is 11.6 Å².